The number of amides is 7. The highest BCUT2D eigenvalue weighted by Gasteiger charge is 2.45. The Labute approximate surface area is 225 Å². The number of urea groups is 2. The highest BCUT2D eigenvalue weighted by atomic mass is 32.2. The van der Waals surface area contributed by atoms with Crippen LogP contribution in [0.3, 0.4) is 0 Å². The number of aromatic hydroxyl groups is 1. The maximum Gasteiger partial charge on any atom is 0.405 e. The van der Waals surface area contributed by atoms with Gasteiger partial charge in [-0.1, -0.05) is 30.3 Å². The van der Waals surface area contributed by atoms with Gasteiger partial charge in [-0.05, 0) is 5.56 Å². The number of rotatable bonds is 8. The van der Waals surface area contributed by atoms with E-state index in [9.17, 15) is 42.3 Å². The van der Waals surface area contributed by atoms with Gasteiger partial charge in [0.25, 0.3) is 5.91 Å². The maximum atomic E-state index is 12.7. The van der Waals surface area contributed by atoms with Crippen molar-refractivity contribution in [3.63, 3.8) is 0 Å². The normalized spacial score (nSPS) is 16.9. The number of benzene rings is 1. The number of hydrogen-bond acceptors (Lipinski definition) is 9. The van der Waals surface area contributed by atoms with Crippen molar-refractivity contribution in [2.45, 2.75) is 19.0 Å². The molecule has 17 nitrogen and oxygen atoms in total. The first kappa shape index (κ1) is 27.9. The summed E-state index contributed by atoms with van der Waals surface area (Å²) in [7, 11) is -4.79. The van der Waals surface area contributed by atoms with E-state index < -0.39 is 76.9 Å². The van der Waals surface area contributed by atoms with Crippen molar-refractivity contribution in [2.75, 3.05) is 19.6 Å². The van der Waals surface area contributed by atoms with Crippen LogP contribution in [0, 0.1) is 0 Å². The summed E-state index contributed by atoms with van der Waals surface area (Å²) in [5, 5.41) is 21.0. The molecular formula is C22H23N7O10S. The van der Waals surface area contributed by atoms with E-state index in [-0.39, 0.29) is 23.1 Å². The van der Waals surface area contributed by atoms with Gasteiger partial charge in [0, 0.05) is 18.3 Å². The van der Waals surface area contributed by atoms with Crippen molar-refractivity contribution in [2.24, 2.45) is 0 Å². The number of hydrazine groups is 1. The van der Waals surface area contributed by atoms with Crippen molar-refractivity contribution in [3.8, 4) is 5.75 Å². The molecule has 1 aromatic heterocycles. The van der Waals surface area contributed by atoms with Gasteiger partial charge in [-0.2, -0.15) is 8.42 Å². The lowest BCUT2D eigenvalue weighted by Gasteiger charge is -2.36. The van der Waals surface area contributed by atoms with E-state index >= 15 is 0 Å². The molecule has 40 heavy (non-hydrogen) atoms. The quantitative estimate of drug-likeness (QED) is 0.224. The molecule has 1 aromatic carbocycles. The van der Waals surface area contributed by atoms with Crippen molar-refractivity contribution >= 4 is 40.2 Å². The van der Waals surface area contributed by atoms with Gasteiger partial charge in [-0.3, -0.25) is 24.7 Å². The summed E-state index contributed by atoms with van der Waals surface area (Å²) >= 11 is 0. The minimum absolute atomic E-state index is 0.211. The second kappa shape index (κ2) is 10.9. The van der Waals surface area contributed by atoms with Gasteiger partial charge < -0.3 is 20.1 Å². The summed E-state index contributed by atoms with van der Waals surface area (Å²) in [5.41, 5.74) is 2.56. The number of aromatic nitrogens is 1. The summed E-state index contributed by atoms with van der Waals surface area (Å²) in [4.78, 5) is 72.5. The number of carbonyl (C=O) groups is 5. The number of likely N-dealkylation sites (tertiary alicyclic amines) is 1. The number of pyridine rings is 1. The molecule has 1 atom stereocenters. The van der Waals surface area contributed by atoms with E-state index in [1.54, 1.807) is 29.0 Å². The first-order valence-electron chi connectivity index (χ1n) is 11.6. The van der Waals surface area contributed by atoms with Gasteiger partial charge in [0.05, 0.1) is 32.3 Å². The molecule has 0 unspecified atom stereocenters. The zero-order chi connectivity index (χ0) is 29.2. The molecule has 2 aromatic rings. The zero-order valence-electron chi connectivity index (χ0n) is 20.5. The van der Waals surface area contributed by atoms with Crippen molar-refractivity contribution < 1.29 is 42.6 Å². The second-order valence-electron chi connectivity index (χ2n) is 8.71. The van der Waals surface area contributed by atoms with Crippen LogP contribution in [0.15, 0.2) is 47.4 Å². The molecule has 4 rings (SSSR count). The topological polar surface area (TPSA) is 228 Å². The number of carboxylic acid groups (broad SMARTS) is 1. The van der Waals surface area contributed by atoms with Crippen LogP contribution in [0.25, 0.3) is 0 Å². The lowest BCUT2D eigenvalue weighted by atomic mass is 10.1. The van der Waals surface area contributed by atoms with Crippen LogP contribution < -0.4 is 20.9 Å². The Morgan fingerprint density at radius 2 is 1.75 bits per heavy atom. The van der Waals surface area contributed by atoms with Gasteiger partial charge in [0.15, 0.2) is 5.75 Å². The molecule has 2 saturated heterocycles. The third-order valence-corrected chi connectivity index (χ3v) is 7.30. The van der Waals surface area contributed by atoms with Gasteiger partial charge in [-0.15, -0.1) is 0 Å². The number of hydrogen-bond donors (Lipinski definition) is 5. The van der Waals surface area contributed by atoms with Crippen LogP contribution in [0.4, 0.5) is 14.4 Å². The number of carbonyl (C=O) groups excluding carboxylic acids is 4. The maximum absolute atomic E-state index is 12.7. The van der Waals surface area contributed by atoms with E-state index in [2.05, 4.69) is 5.43 Å². The molecule has 0 spiro atoms. The molecule has 212 valence electrons. The zero-order valence-corrected chi connectivity index (χ0v) is 21.3. The highest BCUT2D eigenvalue weighted by Crippen LogP contribution is 2.15. The molecule has 18 heteroatoms. The molecule has 0 aliphatic carbocycles. The summed E-state index contributed by atoms with van der Waals surface area (Å²) < 4.78 is 28.5. The lowest BCUT2D eigenvalue weighted by Crippen LogP contribution is -2.67. The molecule has 5 N–H and O–H groups in total. The first-order valence-corrected chi connectivity index (χ1v) is 13.0. The minimum atomic E-state index is -4.79. The molecular weight excluding hydrogens is 554 g/mol. The Bertz CT molecular complexity index is 1540. The number of imide groups is 1. The Balaban J connectivity index is 1.37. The highest BCUT2D eigenvalue weighted by molar-refractivity contribution is 7.88. The monoisotopic (exact) mass is 577 g/mol. The standard InChI is InChI=1S/C22H23N7O10S/c30-16-8-14(26(12-17(16)31)10-13-4-2-1-3-5-13)9-18(32)24-28-6-7-29(22(28)37)40(38,39)25-20(34)27-11-15(19(27)33)23-21(35)36/h1-5,8,12,15,23,31H,6-7,9-11H2,(H,24,32)(H,25,34)(H,35,36)/t15-/m0/s1. The third kappa shape index (κ3) is 5.96. The summed E-state index contributed by atoms with van der Waals surface area (Å²) in [5.74, 6) is -2.27. The van der Waals surface area contributed by atoms with Gasteiger partial charge in [0.1, 0.15) is 6.04 Å². The second-order valence-corrected chi connectivity index (χ2v) is 10.3. The Morgan fingerprint density at radius 1 is 1.05 bits per heavy atom. The summed E-state index contributed by atoms with van der Waals surface area (Å²) in [6.07, 6.45) is -0.725. The fourth-order valence-electron chi connectivity index (χ4n) is 3.97. The molecule has 0 saturated carbocycles. The van der Waals surface area contributed by atoms with E-state index in [1.165, 1.54) is 10.8 Å². The predicted molar refractivity (Wildman–Crippen MR) is 133 cm³/mol. The molecule has 0 radical (unpaired) electrons. The molecule has 2 aliphatic rings. The average Bonchev–Trinajstić information content (AvgIpc) is 3.25. The van der Waals surface area contributed by atoms with Crippen LogP contribution in [0.1, 0.15) is 11.3 Å². The van der Waals surface area contributed by atoms with E-state index in [0.717, 1.165) is 11.6 Å². The number of nitrogens with one attached hydrogen (secondary N) is 3. The summed E-state index contributed by atoms with van der Waals surface area (Å²) in [6.45, 7) is -0.913. The van der Waals surface area contributed by atoms with Gasteiger partial charge in [-0.25, -0.2) is 28.4 Å². The molecule has 7 amide bonds. The average molecular weight is 578 g/mol. The van der Waals surface area contributed by atoms with Crippen LogP contribution in [0.2, 0.25) is 0 Å². The van der Waals surface area contributed by atoms with Crippen molar-refractivity contribution in [3.05, 3.63) is 64.1 Å². The predicted octanol–water partition coefficient (Wildman–Crippen LogP) is -1.65. The van der Waals surface area contributed by atoms with Crippen LogP contribution in [-0.4, -0.2) is 93.1 Å². The van der Waals surface area contributed by atoms with Crippen molar-refractivity contribution in [1.82, 2.24) is 34.2 Å². The molecule has 0 bridgehead atoms. The summed E-state index contributed by atoms with van der Waals surface area (Å²) in [6, 6.07) is 6.29. The minimum Gasteiger partial charge on any atom is -0.503 e. The van der Waals surface area contributed by atoms with E-state index in [1.807, 2.05) is 11.4 Å². The van der Waals surface area contributed by atoms with Crippen molar-refractivity contribution in [1.29, 1.82) is 0 Å². The number of β-lactam (4-membered cyclic amide) rings is 1. The fourth-order valence-corrected chi connectivity index (χ4v) is 5.03. The smallest absolute Gasteiger partial charge is 0.405 e. The van der Waals surface area contributed by atoms with E-state index in [4.69, 9.17) is 5.11 Å². The Hall–Kier alpha value is -5.13. The van der Waals surface area contributed by atoms with Crippen LogP contribution in [-0.2, 0) is 32.8 Å². The number of nitrogens with zero attached hydrogens (tertiary/aromatic N) is 4. The first-order chi connectivity index (χ1) is 18.9. The molecule has 2 aliphatic heterocycles. The van der Waals surface area contributed by atoms with Crippen LogP contribution in [0.5, 0.6) is 5.75 Å². The lowest BCUT2D eigenvalue weighted by molar-refractivity contribution is -0.139. The van der Waals surface area contributed by atoms with Gasteiger partial charge in [0.2, 0.25) is 11.3 Å². The Morgan fingerprint density at radius 3 is 2.40 bits per heavy atom. The SMILES string of the molecule is O=C(O)N[C@H]1CN(C(=O)NS(=O)(=O)N2CCN(NC(=O)Cc3cc(=O)c(O)cn3Cc3ccccc3)C2=O)C1=O. The molecule has 3 heterocycles. The van der Waals surface area contributed by atoms with Gasteiger partial charge >= 0.3 is 28.4 Å². The Kier molecular flexibility index (Phi) is 7.62. The third-order valence-electron chi connectivity index (χ3n) is 5.94. The largest absolute Gasteiger partial charge is 0.503 e. The van der Waals surface area contributed by atoms with E-state index in [0.29, 0.717) is 9.91 Å². The van der Waals surface area contributed by atoms with Crippen LogP contribution >= 0.6 is 0 Å². The molecule has 2 fully saturated rings. The fraction of sp³-hybridized carbons (Fsp3) is 0.273.